The van der Waals surface area contributed by atoms with Gasteiger partial charge in [-0.15, -0.1) is 0 Å². The van der Waals surface area contributed by atoms with Crippen LogP contribution < -0.4 is 5.73 Å². The standard InChI is InChI=1S/C13H17N5O/c14-13(5-1-2-6-13)12-17-11(19-18-12)9-7-15-10(16-9)8-3-4-8/h7-8H,1-6,14H2,(H,15,16). The summed E-state index contributed by atoms with van der Waals surface area (Å²) < 4.78 is 5.33. The maximum absolute atomic E-state index is 6.32. The van der Waals surface area contributed by atoms with E-state index in [4.69, 9.17) is 10.3 Å². The topological polar surface area (TPSA) is 93.6 Å². The lowest BCUT2D eigenvalue weighted by Crippen LogP contribution is -2.34. The van der Waals surface area contributed by atoms with Crippen molar-refractivity contribution in [3.05, 3.63) is 17.8 Å². The van der Waals surface area contributed by atoms with Crippen molar-refractivity contribution in [2.24, 2.45) is 5.73 Å². The summed E-state index contributed by atoms with van der Waals surface area (Å²) in [6.07, 6.45) is 8.34. The lowest BCUT2D eigenvalue weighted by atomic mass is 9.99. The van der Waals surface area contributed by atoms with Gasteiger partial charge in [0.15, 0.2) is 5.82 Å². The molecule has 6 heteroatoms. The molecule has 0 bridgehead atoms. The molecular formula is C13H17N5O. The van der Waals surface area contributed by atoms with Gasteiger partial charge in [0.05, 0.1) is 11.7 Å². The third-order valence-electron chi connectivity index (χ3n) is 4.16. The zero-order valence-electron chi connectivity index (χ0n) is 10.7. The molecule has 100 valence electrons. The normalized spacial score (nSPS) is 21.9. The molecule has 19 heavy (non-hydrogen) atoms. The number of aromatic amines is 1. The highest BCUT2D eigenvalue weighted by molar-refractivity contribution is 5.45. The molecule has 2 aromatic heterocycles. The second kappa shape index (κ2) is 3.90. The van der Waals surface area contributed by atoms with Gasteiger partial charge in [0, 0.05) is 5.92 Å². The van der Waals surface area contributed by atoms with E-state index in [0.717, 1.165) is 37.2 Å². The molecule has 0 atom stereocenters. The number of hydrogen-bond acceptors (Lipinski definition) is 5. The van der Waals surface area contributed by atoms with Gasteiger partial charge in [0.1, 0.15) is 11.5 Å². The fourth-order valence-electron chi connectivity index (χ4n) is 2.77. The van der Waals surface area contributed by atoms with E-state index in [1.54, 1.807) is 6.20 Å². The summed E-state index contributed by atoms with van der Waals surface area (Å²) in [4.78, 5) is 12.1. The second-order valence-electron chi connectivity index (χ2n) is 5.74. The summed E-state index contributed by atoms with van der Waals surface area (Å²) >= 11 is 0. The minimum atomic E-state index is -0.402. The van der Waals surface area contributed by atoms with E-state index in [-0.39, 0.29) is 0 Å². The largest absolute Gasteiger partial charge is 0.338 e. The molecule has 2 fully saturated rings. The summed E-state index contributed by atoms with van der Waals surface area (Å²) in [6, 6.07) is 0. The smallest absolute Gasteiger partial charge is 0.276 e. The molecule has 2 aliphatic carbocycles. The van der Waals surface area contributed by atoms with E-state index in [1.165, 1.54) is 12.8 Å². The summed E-state index contributed by atoms with van der Waals surface area (Å²) in [7, 11) is 0. The van der Waals surface area contributed by atoms with Crippen molar-refractivity contribution in [2.75, 3.05) is 0 Å². The number of aromatic nitrogens is 4. The van der Waals surface area contributed by atoms with Crippen molar-refractivity contribution >= 4 is 0 Å². The maximum atomic E-state index is 6.32. The molecule has 0 unspecified atom stereocenters. The molecule has 0 amide bonds. The molecule has 0 radical (unpaired) electrons. The van der Waals surface area contributed by atoms with E-state index in [2.05, 4.69) is 20.1 Å². The van der Waals surface area contributed by atoms with Gasteiger partial charge in [-0.05, 0) is 25.7 Å². The van der Waals surface area contributed by atoms with Crippen molar-refractivity contribution in [3.63, 3.8) is 0 Å². The van der Waals surface area contributed by atoms with Crippen LogP contribution in [0.4, 0.5) is 0 Å². The number of nitrogens with one attached hydrogen (secondary N) is 1. The van der Waals surface area contributed by atoms with E-state index < -0.39 is 5.54 Å². The molecule has 3 N–H and O–H groups in total. The van der Waals surface area contributed by atoms with E-state index >= 15 is 0 Å². The Hall–Kier alpha value is -1.69. The summed E-state index contributed by atoms with van der Waals surface area (Å²) in [5.74, 6) is 2.73. The average Bonchev–Trinajstić information content (AvgIpc) is 2.89. The third kappa shape index (κ3) is 1.87. The molecular weight excluding hydrogens is 242 g/mol. The number of rotatable bonds is 3. The van der Waals surface area contributed by atoms with Crippen LogP contribution in [-0.2, 0) is 5.54 Å². The van der Waals surface area contributed by atoms with Gasteiger partial charge in [-0.3, -0.25) is 0 Å². The molecule has 2 heterocycles. The second-order valence-corrected chi connectivity index (χ2v) is 5.74. The first-order chi connectivity index (χ1) is 9.24. The first-order valence-corrected chi connectivity index (χ1v) is 6.93. The summed E-state index contributed by atoms with van der Waals surface area (Å²) in [5, 5.41) is 4.06. The van der Waals surface area contributed by atoms with Crippen LogP contribution in [0, 0.1) is 0 Å². The monoisotopic (exact) mass is 259 g/mol. The highest BCUT2D eigenvalue weighted by Gasteiger charge is 2.36. The highest BCUT2D eigenvalue weighted by atomic mass is 16.5. The molecule has 2 aromatic rings. The van der Waals surface area contributed by atoms with Crippen LogP contribution in [0.1, 0.15) is 56.1 Å². The molecule has 2 saturated carbocycles. The Kier molecular flexibility index (Phi) is 2.29. The van der Waals surface area contributed by atoms with Crippen molar-refractivity contribution in [1.82, 2.24) is 20.1 Å². The first-order valence-electron chi connectivity index (χ1n) is 6.93. The Labute approximate surface area is 110 Å². The maximum Gasteiger partial charge on any atom is 0.276 e. The Morgan fingerprint density at radius 3 is 2.84 bits per heavy atom. The number of H-pyrrole nitrogens is 1. The highest BCUT2D eigenvalue weighted by Crippen LogP contribution is 2.39. The lowest BCUT2D eigenvalue weighted by Gasteiger charge is -2.17. The number of imidazole rings is 1. The molecule has 6 nitrogen and oxygen atoms in total. The predicted octanol–water partition coefficient (Wildman–Crippen LogP) is 2.07. The average molecular weight is 259 g/mol. The van der Waals surface area contributed by atoms with Crippen LogP contribution in [0.2, 0.25) is 0 Å². The Bertz CT molecular complexity index is 592. The molecule has 0 aromatic carbocycles. The zero-order valence-corrected chi connectivity index (χ0v) is 10.7. The zero-order chi connectivity index (χ0) is 12.9. The van der Waals surface area contributed by atoms with Gasteiger partial charge < -0.3 is 15.2 Å². The molecule has 4 rings (SSSR count). The van der Waals surface area contributed by atoms with Crippen LogP contribution in [-0.4, -0.2) is 20.1 Å². The predicted molar refractivity (Wildman–Crippen MR) is 68.2 cm³/mol. The molecule has 0 spiro atoms. The minimum absolute atomic E-state index is 0.402. The lowest BCUT2D eigenvalue weighted by molar-refractivity contribution is 0.372. The summed E-state index contributed by atoms with van der Waals surface area (Å²) in [6.45, 7) is 0. The van der Waals surface area contributed by atoms with Gasteiger partial charge >= 0.3 is 0 Å². The molecule has 0 saturated heterocycles. The van der Waals surface area contributed by atoms with Crippen LogP contribution in [0.5, 0.6) is 0 Å². The van der Waals surface area contributed by atoms with Gasteiger partial charge in [0.25, 0.3) is 5.89 Å². The van der Waals surface area contributed by atoms with Gasteiger partial charge in [0.2, 0.25) is 0 Å². The van der Waals surface area contributed by atoms with Gasteiger partial charge in [-0.1, -0.05) is 18.0 Å². The van der Waals surface area contributed by atoms with Crippen LogP contribution in [0.3, 0.4) is 0 Å². The van der Waals surface area contributed by atoms with E-state index in [1.807, 2.05) is 0 Å². The molecule has 2 aliphatic rings. The van der Waals surface area contributed by atoms with Crippen LogP contribution >= 0.6 is 0 Å². The number of hydrogen-bond donors (Lipinski definition) is 2. The Morgan fingerprint density at radius 1 is 1.32 bits per heavy atom. The quantitative estimate of drug-likeness (QED) is 0.880. The van der Waals surface area contributed by atoms with Gasteiger partial charge in [-0.25, -0.2) is 4.98 Å². The van der Waals surface area contributed by atoms with Crippen molar-refractivity contribution in [3.8, 4) is 11.6 Å². The van der Waals surface area contributed by atoms with Crippen molar-refractivity contribution in [2.45, 2.75) is 50.0 Å². The van der Waals surface area contributed by atoms with Crippen molar-refractivity contribution < 1.29 is 4.52 Å². The van der Waals surface area contributed by atoms with Gasteiger partial charge in [-0.2, -0.15) is 4.98 Å². The Balaban J connectivity index is 1.62. The summed E-state index contributed by atoms with van der Waals surface area (Å²) in [5.41, 5.74) is 6.72. The van der Waals surface area contributed by atoms with Crippen LogP contribution in [0.15, 0.2) is 10.7 Å². The van der Waals surface area contributed by atoms with E-state index in [9.17, 15) is 0 Å². The van der Waals surface area contributed by atoms with E-state index in [0.29, 0.717) is 17.6 Å². The third-order valence-corrected chi connectivity index (χ3v) is 4.16. The SMILES string of the molecule is NC1(c2noc(-c3cnc(C4CC4)[nH]3)n2)CCCC1. The molecule has 0 aliphatic heterocycles. The minimum Gasteiger partial charge on any atom is -0.338 e. The fourth-order valence-corrected chi connectivity index (χ4v) is 2.77. The Morgan fingerprint density at radius 2 is 2.11 bits per heavy atom. The van der Waals surface area contributed by atoms with Crippen LogP contribution in [0.25, 0.3) is 11.6 Å². The van der Waals surface area contributed by atoms with Crippen molar-refractivity contribution in [1.29, 1.82) is 0 Å². The first kappa shape index (κ1) is 11.2. The number of nitrogens with two attached hydrogens (primary N) is 1. The fraction of sp³-hybridized carbons (Fsp3) is 0.615. The number of nitrogens with zero attached hydrogens (tertiary/aromatic N) is 3.